The molecule has 0 radical (unpaired) electrons. The maximum absolute atomic E-state index is 12.3. The summed E-state index contributed by atoms with van der Waals surface area (Å²) in [6, 6.07) is 12.9. The molecule has 0 aliphatic heterocycles. The largest absolute Gasteiger partial charge is 0.326 e. The number of aryl methyl sites for hydroxylation is 2. The molecule has 0 spiro atoms. The molecule has 1 aromatic heterocycles. The number of hydrogen-bond donors (Lipinski definition) is 2. The molecule has 0 saturated heterocycles. The quantitative estimate of drug-likeness (QED) is 0.617. The molecule has 2 N–H and O–H groups in total. The highest BCUT2D eigenvalue weighted by atomic mass is 16.2. The lowest BCUT2D eigenvalue weighted by atomic mass is 10.1. The predicted octanol–water partition coefficient (Wildman–Crippen LogP) is 2.67. The molecule has 0 bridgehead atoms. The lowest BCUT2D eigenvalue weighted by Crippen LogP contribution is -2.13. The molecule has 28 heavy (non-hydrogen) atoms. The summed E-state index contributed by atoms with van der Waals surface area (Å²) < 4.78 is 1.55. The Morgan fingerprint density at radius 1 is 1.11 bits per heavy atom. The average molecular weight is 376 g/mol. The first-order valence-electron chi connectivity index (χ1n) is 8.71. The van der Waals surface area contributed by atoms with Gasteiger partial charge < -0.3 is 10.6 Å². The summed E-state index contributed by atoms with van der Waals surface area (Å²) in [5, 5.41) is 16.7. The van der Waals surface area contributed by atoms with Crippen molar-refractivity contribution >= 4 is 23.2 Å². The Kier molecular flexibility index (Phi) is 5.91. The van der Waals surface area contributed by atoms with Gasteiger partial charge in [-0.25, -0.2) is 4.68 Å². The number of nitrogens with one attached hydrogen (secondary N) is 2. The van der Waals surface area contributed by atoms with Crippen molar-refractivity contribution in [1.29, 1.82) is 0 Å². The van der Waals surface area contributed by atoms with Gasteiger partial charge in [-0.2, -0.15) is 0 Å². The number of benzene rings is 2. The van der Waals surface area contributed by atoms with Crippen molar-refractivity contribution in [2.24, 2.45) is 0 Å². The number of nitrogens with zero attached hydrogens (tertiary/aromatic N) is 4. The SMILES string of the molecule is C=CC(=O)Nc1ccc(CCC(=O)Nc2ccc(C)c(-n3cnnn3)c2)cc1. The van der Waals surface area contributed by atoms with Crippen molar-refractivity contribution in [2.75, 3.05) is 10.6 Å². The predicted molar refractivity (Wildman–Crippen MR) is 106 cm³/mol. The van der Waals surface area contributed by atoms with Crippen molar-refractivity contribution in [3.05, 3.63) is 72.6 Å². The number of hydrogen-bond acceptors (Lipinski definition) is 5. The van der Waals surface area contributed by atoms with E-state index in [-0.39, 0.29) is 11.8 Å². The Morgan fingerprint density at radius 3 is 2.54 bits per heavy atom. The molecule has 3 rings (SSSR count). The first-order valence-corrected chi connectivity index (χ1v) is 8.71. The Morgan fingerprint density at radius 2 is 1.86 bits per heavy atom. The lowest BCUT2D eigenvalue weighted by Gasteiger charge is -2.10. The van der Waals surface area contributed by atoms with E-state index in [0.29, 0.717) is 24.2 Å². The number of aromatic nitrogens is 4. The zero-order chi connectivity index (χ0) is 19.9. The van der Waals surface area contributed by atoms with Crippen molar-refractivity contribution in [3.8, 4) is 5.69 Å². The van der Waals surface area contributed by atoms with Gasteiger partial charge in [0.05, 0.1) is 5.69 Å². The normalized spacial score (nSPS) is 10.3. The second-order valence-electron chi connectivity index (χ2n) is 6.19. The molecular formula is C20H20N6O2. The maximum atomic E-state index is 12.3. The zero-order valence-corrected chi connectivity index (χ0v) is 15.4. The minimum atomic E-state index is -0.258. The first kappa shape index (κ1) is 19.0. The van der Waals surface area contributed by atoms with E-state index < -0.39 is 0 Å². The second kappa shape index (κ2) is 8.72. The van der Waals surface area contributed by atoms with Gasteiger partial charge in [0.25, 0.3) is 0 Å². The van der Waals surface area contributed by atoms with E-state index in [1.807, 2.05) is 37.3 Å². The van der Waals surface area contributed by atoms with Crippen LogP contribution in [-0.4, -0.2) is 32.0 Å². The molecule has 142 valence electrons. The van der Waals surface area contributed by atoms with E-state index in [2.05, 4.69) is 32.7 Å². The highest BCUT2D eigenvalue weighted by molar-refractivity contribution is 5.98. The molecule has 1 heterocycles. The number of anilines is 2. The van der Waals surface area contributed by atoms with Crippen LogP contribution in [0, 0.1) is 6.92 Å². The number of carbonyl (C=O) groups is 2. The van der Waals surface area contributed by atoms with E-state index >= 15 is 0 Å². The maximum Gasteiger partial charge on any atom is 0.247 e. The third kappa shape index (κ3) is 4.88. The monoisotopic (exact) mass is 376 g/mol. The molecule has 2 amide bonds. The molecule has 8 heteroatoms. The van der Waals surface area contributed by atoms with Gasteiger partial charge in [0.1, 0.15) is 6.33 Å². The van der Waals surface area contributed by atoms with Gasteiger partial charge in [-0.1, -0.05) is 24.8 Å². The van der Waals surface area contributed by atoms with Crippen LogP contribution in [0.1, 0.15) is 17.5 Å². The molecule has 2 aromatic carbocycles. The molecule has 0 fully saturated rings. The third-order valence-corrected chi connectivity index (χ3v) is 4.14. The van der Waals surface area contributed by atoms with Gasteiger partial charge >= 0.3 is 0 Å². The summed E-state index contributed by atoms with van der Waals surface area (Å²) >= 11 is 0. The summed E-state index contributed by atoms with van der Waals surface area (Å²) in [6.07, 6.45) is 3.66. The third-order valence-electron chi connectivity index (χ3n) is 4.14. The Bertz CT molecular complexity index is 980. The summed E-state index contributed by atoms with van der Waals surface area (Å²) in [5.41, 5.74) is 4.18. The number of amides is 2. The van der Waals surface area contributed by atoms with E-state index in [0.717, 1.165) is 16.8 Å². The fourth-order valence-electron chi connectivity index (χ4n) is 2.64. The number of rotatable bonds is 7. The molecule has 8 nitrogen and oxygen atoms in total. The van der Waals surface area contributed by atoms with E-state index in [1.165, 1.54) is 12.4 Å². The van der Waals surface area contributed by atoms with Crippen molar-refractivity contribution in [3.63, 3.8) is 0 Å². The van der Waals surface area contributed by atoms with Gasteiger partial charge in [0.2, 0.25) is 11.8 Å². The Balaban J connectivity index is 1.57. The molecule has 0 aliphatic rings. The fourth-order valence-corrected chi connectivity index (χ4v) is 2.64. The van der Waals surface area contributed by atoms with Gasteiger partial charge in [-0.15, -0.1) is 5.10 Å². The van der Waals surface area contributed by atoms with Crippen LogP contribution in [0.4, 0.5) is 11.4 Å². The van der Waals surface area contributed by atoms with E-state index in [9.17, 15) is 9.59 Å². The second-order valence-corrected chi connectivity index (χ2v) is 6.19. The standard InChI is InChI=1S/C20H20N6O2/c1-3-19(27)22-16-9-5-15(6-10-16)7-11-20(28)23-17-8-4-14(2)18(12-17)26-13-21-24-25-26/h3-6,8-10,12-13H,1,7,11H2,2H3,(H,22,27)(H,23,28). The van der Waals surface area contributed by atoms with Gasteiger partial charge in [-0.3, -0.25) is 9.59 Å². The molecular weight excluding hydrogens is 356 g/mol. The van der Waals surface area contributed by atoms with Gasteiger partial charge in [0, 0.05) is 17.8 Å². The van der Waals surface area contributed by atoms with Crippen LogP contribution in [0.2, 0.25) is 0 Å². The average Bonchev–Trinajstić information content (AvgIpc) is 3.23. The minimum absolute atomic E-state index is 0.0874. The topological polar surface area (TPSA) is 102 Å². The highest BCUT2D eigenvalue weighted by Crippen LogP contribution is 2.19. The summed E-state index contributed by atoms with van der Waals surface area (Å²) in [7, 11) is 0. The molecule has 0 atom stereocenters. The first-order chi connectivity index (χ1) is 13.5. The number of tetrazole rings is 1. The highest BCUT2D eigenvalue weighted by Gasteiger charge is 2.08. The van der Waals surface area contributed by atoms with Crippen LogP contribution in [0.5, 0.6) is 0 Å². The summed E-state index contributed by atoms with van der Waals surface area (Å²) in [6.45, 7) is 5.36. The van der Waals surface area contributed by atoms with Crippen LogP contribution in [0.15, 0.2) is 61.4 Å². The van der Waals surface area contributed by atoms with Crippen molar-refractivity contribution < 1.29 is 9.59 Å². The van der Waals surface area contributed by atoms with E-state index in [4.69, 9.17) is 0 Å². The van der Waals surface area contributed by atoms with Crippen LogP contribution in [0.25, 0.3) is 5.69 Å². The number of carbonyl (C=O) groups excluding carboxylic acids is 2. The van der Waals surface area contributed by atoms with Crippen LogP contribution >= 0.6 is 0 Å². The molecule has 0 unspecified atom stereocenters. The molecule has 3 aromatic rings. The van der Waals surface area contributed by atoms with Gasteiger partial charge in [0.15, 0.2) is 0 Å². The van der Waals surface area contributed by atoms with Crippen molar-refractivity contribution in [1.82, 2.24) is 20.2 Å². The lowest BCUT2D eigenvalue weighted by molar-refractivity contribution is -0.116. The van der Waals surface area contributed by atoms with Crippen molar-refractivity contribution in [2.45, 2.75) is 19.8 Å². The Labute approximate surface area is 162 Å². The molecule has 0 aliphatic carbocycles. The van der Waals surface area contributed by atoms with Crippen LogP contribution in [-0.2, 0) is 16.0 Å². The van der Waals surface area contributed by atoms with Gasteiger partial charge in [-0.05, 0) is 65.2 Å². The smallest absolute Gasteiger partial charge is 0.247 e. The summed E-state index contributed by atoms with van der Waals surface area (Å²) in [4.78, 5) is 23.6. The zero-order valence-electron chi connectivity index (χ0n) is 15.4. The summed E-state index contributed by atoms with van der Waals surface area (Å²) in [5.74, 6) is -0.346. The van der Waals surface area contributed by atoms with E-state index in [1.54, 1.807) is 16.8 Å². The molecule has 0 saturated carbocycles. The van der Waals surface area contributed by atoms with Crippen LogP contribution < -0.4 is 10.6 Å². The minimum Gasteiger partial charge on any atom is -0.326 e. The van der Waals surface area contributed by atoms with Crippen LogP contribution in [0.3, 0.4) is 0 Å². The fraction of sp³-hybridized carbons (Fsp3) is 0.150. The Hall–Kier alpha value is -3.81.